The number of rotatable bonds is 10. The zero-order valence-corrected chi connectivity index (χ0v) is 27.6. The van der Waals surface area contributed by atoms with Gasteiger partial charge < -0.3 is 10.4 Å². The summed E-state index contributed by atoms with van der Waals surface area (Å²) in [5, 5.41) is 33.6. The fourth-order valence-corrected chi connectivity index (χ4v) is 9.11. The molecule has 0 spiro atoms. The molecule has 1 aromatic heterocycles. The molecule has 232 valence electrons. The highest BCUT2D eigenvalue weighted by Crippen LogP contribution is 2.43. The summed E-state index contributed by atoms with van der Waals surface area (Å²) in [6.45, 7) is 4.07. The Labute approximate surface area is 277 Å². The first-order valence-electron chi connectivity index (χ1n) is 16.3. The van der Waals surface area contributed by atoms with E-state index < -0.39 is 13.5 Å². The van der Waals surface area contributed by atoms with E-state index in [0.29, 0.717) is 18.7 Å². The third-order valence-corrected chi connectivity index (χ3v) is 11.8. The van der Waals surface area contributed by atoms with Gasteiger partial charge in [-0.15, -0.1) is 10.2 Å². The second kappa shape index (κ2) is 13.5. The van der Waals surface area contributed by atoms with Gasteiger partial charge in [0.2, 0.25) is 0 Å². The van der Waals surface area contributed by atoms with Crippen LogP contribution in [-0.2, 0) is 0 Å². The summed E-state index contributed by atoms with van der Waals surface area (Å²) >= 11 is 0. The highest BCUT2D eigenvalue weighted by Gasteiger charge is 2.35. The quantitative estimate of drug-likeness (QED) is 0.148. The van der Waals surface area contributed by atoms with Gasteiger partial charge in [-0.25, -0.2) is 0 Å². The molecule has 0 radical (unpaired) electrons. The number of hydrogen-bond acceptors (Lipinski definition) is 4. The Morgan fingerprint density at radius 2 is 1.13 bits per heavy atom. The van der Waals surface area contributed by atoms with Gasteiger partial charge in [-0.2, -0.15) is 0 Å². The molecule has 1 unspecified atom stereocenters. The fraction of sp³-hybridized carbons (Fsp3) is 0.143. The molecule has 0 amide bonds. The molecule has 0 fully saturated rings. The van der Waals surface area contributed by atoms with Gasteiger partial charge in [-0.1, -0.05) is 166 Å². The van der Waals surface area contributed by atoms with E-state index in [2.05, 4.69) is 133 Å². The monoisotopic (exact) mass is 631 g/mol. The molecule has 47 heavy (non-hydrogen) atoms. The molecule has 0 aliphatic heterocycles. The molecular formula is C42H38N3OP. The van der Waals surface area contributed by atoms with E-state index in [-0.39, 0.29) is 6.04 Å². The van der Waals surface area contributed by atoms with Crippen molar-refractivity contribution in [2.24, 2.45) is 0 Å². The van der Waals surface area contributed by atoms with E-state index in [4.69, 9.17) is 10.2 Å². The Hall–Kier alpha value is -4.89. The van der Waals surface area contributed by atoms with Gasteiger partial charge in [-0.05, 0) is 53.0 Å². The van der Waals surface area contributed by atoms with Gasteiger partial charge in [0.1, 0.15) is 5.69 Å². The van der Waals surface area contributed by atoms with E-state index >= 15 is 0 Å². The van der Waals surface area contributed by atoms with Crippen LogP contribution in [0.3, 0.4) is 0 Å². The molecule has 0 aliphatic rings. The highest BCUT2D eigenvalue weighted by atomic mass is 31.1. The van der Waals surface area contributed by atoms with Crippen molar-refractivity contribution in [2.45, 2.75) is 38.3 Å². The summed E-state index contributed by atoms with van der Waals surface area (Å²) < 4.78 is 0. The zero-order chi connectivity index (χ0) is 32.2. The van der Waals surface area contributed by atoms with Crippen LogP contribution in [-0.4, -0.2) is 20.9 Å². The minimum Gasteiger partial charge on any atom is -0.387 e. The number of fused-ring (bicyclic) bond motifs is 2. The van der Waals surface area contributed by atoms with Crippen LogP contribution in [0.2, 0.25) is 0 Å². The molecule has 7 aromatic rings. The van der Waals surface area contributed by atoms with Crippen LogP contribution >= 0.6 is 7.92 Å². The minimum atomic E-state index is -0.965. The van der Waals surface area contributed by atoms with Crippen molar-refractivity contribution in [1.82, 2.24) is 10.2 Å². The second-order valence-electron chi connectivity index (χ2n) is 11.9. The maximum atomic E-state index is 11.8. The minimum absolute atomic E-state index is 0.362. The van der Waals surface area contributed by atoms with E-state index in [1.54, 1.807) is 0 Å². The molecule has 0 bridgehead atoms. The summed E-state index contributed by atoms with van der Waals surface area (Å²) in [6.07, 6.45) is 1.20. The summed E-state index contributed by atoms with van der Waals surface area (Å²) in [5.74, 6) is 0.661. The van der Waals surface area contributed by atoms with Crippen LogP contribution in [0.1, 0.15) is 38.3 Å². The molecule has 0 saturated heterocycles. The molecule has 4 nitrogen and oxygen atoms in total. The van der Waals surface area contributed by atoms with Crippen molar-refractivity contribution < 1.29 is 5.11 Å². The average molecular weight is 632 g/mol. The molecule has 0 aliphatic carbocycles. The van der Waals surface area contributed by atoms with Crippen molar-refractivity contribution in [3.05, 3.63) is 157 Å². The molecule has 0 saturated carbocycles. The molecule has 1 atom stereocenters. The molecule has 1 heterocycles. The number of hydrogen-bond donors (Lipinski definition) is 2. The van der Waals surface area contributed by atoms with Gasteiger partial charge in [0, 0.05) is 16.3 Å². The number of aliphatic hydroxyl groups is 1. The van der Waals surface area contributed by atoms with Crippen LogP contribution in [0.4, 0.5) is 5.82 Å². The van der Waals surface area contributed by atoms with Crippen molar-refractivity contribution in [3.63, 3.8) is 0 Å². The summed E-state index contributed by atoms with van der Waals surface area (Å²) in [5.41, 5.74) is 2.01. The number of nitrogens with zero attached hydrogens (tertiary/aromatic N) is 2. The van der Waals surface area contributed by atoms with E-state index in [1.807, 2.05) is 38.1 Å². The molecule has 5 heteroatoms. The number of benzene rings is 6. The van der Waals surface area contributed by atoms with Crippen LogP contribution in [0.25, 0.3) is 32.8 Å². The first-order chi connectivity index (χ1) is 23.1. The van der Waals surface area contributed by atoms with Gasteiger partial charge in [-0.3, -0.25) is 0 Å². The smallest absolute Gasteiger partial charge is 0.157 e. The normalized spacial score (nSPS) is 12.4. The maximum absolute atomic E-state index is 11.8. The highest BCUT2D eigenvalue weighted by molar-refractivity contribution is 7.80. The molecule has 6 aromatic carbocycles. The Bertz CT molecular complexity index is 2080. The molecular weight excluding hydrogens is 593 g/mol. The third-order valence-electron chi connectivity index (χ3n) is 9.28. The summed E-state index contributed by atoms with van der Waals surface area (Å²) in [6, 6.07) is 52.9. The van der Waals surface area contributed by atoms with E-state index in [0.717, 1.165) is 38.4 Å². The second-order valence-corrected chi connectivity index (χ2v) is 14.1. The SMILES string of the molecule is CCC(O)(CC)C(Nc1nnc(-c2c(P(c3ccccc3)c3ccccc3)ccc3ccccc23)c2ccccc12)c1ccccc1. The van der Waals surface area contributed by atoms with Gasteiger partial charge >= 0.3 is 0 Å². The standard InChI is InChI=1S/C42H38N3OP/c1-3-42(46,4-2)40(31-19-8-5-9-20-31)43-41-36-27-17-16-26-35(36)39(44-45-41)38-34-25-15-14-18-30(34)28-29-37(38)47(32-21-10-6-11-22-32)33-23-12-7-13-24-33/h5-29,40,46H,3-4H2,1-2H3,(H,43,45). The maximum Gasteiger partial charge on any atom is 0.157 e. The number of nitrogens with one attached hydrogen (secondary N) is 1. The van der Waals surface area contributed by atoms with Gasteiger partial charge in [0.05, 0.1) is 11.6 Å². The lowest BCUT2D eigenvalue weighted by molar-refractivity contribution is 0.0121. The largest absolute Gasteiger partial charge is 0.387 e. The van der Waals surface area contributed by atoms with Crippen molar-refractivity contribution in [1.29, 1.82) is 0 Å². The lowest BCUT2D eigenvalue weighted by Gasteiger charge is -2.36. The van der Waals surface area contributed by atoms with E-state index in [1.165, 1.54) is 15.9 Å². The lowest BCUT2D eigenvalue weighted by atomic mass is 9.84. The van der Waals surface area contributed by atoms with Crippen molar-refractivity contribution in [3.8, 4) is 11.3 Å². The number of aromatic nitrogens is 2. The summed E-state index contributed by atoms with van der Waals surface area (Å²) in [7, 11) is -0.907. The number of anilines is 1. The van der Waals surface area contributed by atoms with E-state index in [9.17, 15) is 5.11 Å². The Balaban J connectivity index is 1.46. The average Bonchev–Trinajstić information content (AvgIpc) is 3.15. The lowest BCUT2D eigenvalue weighted by Crippen LogP contribution is -2.39. The van der Waals surface area contributed by atoms with Gasteiger partial charge in [0.15, 0.2) is 5.82 Å². The fourth-order valence-electron chi connectivity index (χ4n) is 6.64. The van der Waals surface area contributed by atoms with Crippen LogP contribution in [0.5, 0.6) is 0 Å². The van der Waals surface area contributed by atoms with Crippen LogP contribution < -0.4 is 21.2 Å². The van der Waals surface area contributed by atoms with Gasteiger partial charge in [0.25, 0.3) is 0 Å². The van der Waals surface area contributed by atoms with Crippen molar-refractivity contribution in [2.75, 3.05) is 5.32 Å². The first-order valence-corrected chi connectivity index (χ1v) is 17.7. The summed E-state index contributed by atoms with van der Waals surface area (Å²) in [4.78, 5) is 0. The predicted octanol–water partition coefficient (Wildman–Crippen LogP) is 8.91. The third kappa shape index (κ3) is 5.91. The molecule has 7 rings (SSSR count). The first kappa shape index (κ1) is 30.7. The van der Waals surface area contributed by atoms with Crippen molar-refractivity contribution >= 4 is 51.2 Å². The van der Waals surface area contributed by atoms with Crippen LogP contribution in [0, 0.1) is 0 Å². The molecule has 2 N–H and O–H groups in total. The Morgan fingerprint density at radius 1 is 0.596 bits per heavy atom. The zero-order valence-electron chi connectivity index (χ0n) is 26.7. The Kier molecular flexibility index (Phi) is 8.80. The Morgan fingerprint density at radius 3 is 1.74 bits per heavy atom. The topological polar surface area (TPSA) is 58.0 Å². The predicted molar refractivity (Wildman–Crippen MR) is 200 cm³/mol. The van der Waals surface area contributed by atoms with Crippen LogP contribution in [0.15, 0.2) is 152 Å².